The molecule has 4 aromatic rings. The van der Waals surface area contributed by atoms with Gasteiger partial charge in [-0.25, -0.2) is 18.2 Å². The summed E-state index contributed by atoms with van der Waals surface area (Å²) in [6.07, 6.45) is 1.16. The van der Waals surface area contributed by atoms with Crippen molar-refractivity contribution in [2.75, 3.05) is 18.1 Å². The van der Waals surface area contributed by atoms with E-state index in [1.54, 1.807) is 36.4 Å². The molecule has 0 aromatic heterocycles. The highest BCUT2D eigenvalue weighted by molar-refractivity contribution is 7.90. The molecule has 38 heavy (non-hydrogen) atoms. The molecule has 5 rings (SSSR count). The lowest BCUT2D eigenvalue weighted by Crippen LogP contribution is -2.40. The van der Waals surface area contributed by atoms with E-state index in [9.17, 15) is 13.2 Å². The van der Waals surface area contributed by atoms with Crippen molar-refractivity contribution >= 4 is 44.4 Å². The molecule has 1 aliphatic heterocycles. The zero-order valence-corrected chi connectivity index (χ0v) is 22.0. The fourth-order valence-electron chi connectivity index (χ4n) is 4.02. The molecule has 0 spiro atoms. The SMILES string of the molecule is CS(=O)(=O)c1ccc(Oc2ccc(NC(=O)N3CC(c4ccccc4)=C(c4ccc(Cl)cc4)N3)cc2)cc1. The number of hydrogen-bond acceptors (Lipinski definition) is 5. The van der Waals surface area contributed by atoms with Crippen LogP contribution in [0.5, 0.6) is 11.5 Å². The van der Waals surface area contributed by atoms with Crippen molar-refractivity contribution in [2.45, 2.75) is 4.90 Å². The van der Waals surface area contributed by atoms with Crippen molar-refractivity contribution in [3.05, 3.63) is 119 Å². The van der Waals surface area contributed by atoms with E-state index < -0.39 is 9.84 Å². The zero-order chi connectivity index (χ0) is 26.7. The van der Waals surface area contributed by atoms with Crippen LogP contribution in [0.3, 0.4) is 0 Å². The standard InChI is InChI=1S/C29H24ClN3O4S/c1-38(35,36)26-17-15-25(16-18-26)37-24-13-11-23(12-14-24)31-29(34)33-19-27(20-5-3-2-4-6-20)28(32-33)21-7-9-22(30)10-8-21/h2-18,32H,19H2,1H3,(H,31,34). The number of hydrazine groups is 1. The molecule has 7 nitrogen and oxygen atoms in total. The molecule has 0 fully saturated rings. The number of halogens is 1. The van der Waals surface area contributed by atoms with E-state index in [-0.39, 0.29) is 10.9 Å². The van der Waals surface area contributed by atoms with E-state index >= 15 is 0 Å². The van der Waals surface area contributed by atoms with Crippen LogP contribution in [-0.4, -0.2) is 32.3 Å². The predicted octanol–water partition coefficient (Wildman–Crippen LogP) is 6.46. The van der Waals surface area contributed by atoms with Gasteiger partial charge >= 0.3 is 6.03 Å². The Kier molecular flexibility index (Phi) is 7.09. The van der Waals surface area contributed by atoms with E-state index in [2.05, 4.69) is 10.7 Å². The van der Waals surface area contributed by atoms with Gasteiger partial charge in [-0.2, -0.15) is 0 Å². The molecule has 2 N–H and O–H groups in total. The van der Waals surface area contributed by atoms with Gasteiger partial charge in [-0.3, -0.25) is 5.43 Å². The second-order valence-corrected chi connectivity index (χ2v) is 11.2. The van der Waals surface area contributed by atoms with Crippen LogP contribution in [0.2, 0.25) is 5.02 Å². The normalized spacial score (nSPS) is 13.3. The van der Waals surface area contributed by atoms with Gasteiger partial charge in [-0.15, -0.1) is 0 Å². The molecule has 0 saturated carbocycles. The summed E-state index contributed by atoms with van der Waals surface area (Å²) in [5.74, 6) is 1.05. The smallest absolute Gasteiger partial charge is 0.340 e. The van der Waals surface area contributed by atoms with Crippen molar-refractivity contribution in [3.63, 3.8) is 0 Å². The maximum Gasteiger partial charge on any atom is 0.340 e. The molecule has 9 heteroatoms. The largest absolute Gasteiger partial charge is 0.457 e. The first-order valence-electron chi connectivity index (χ1n) is 11.7. The average molecular weight is 546 g/mol. The third-order valence-electron chi connectivity index (χ3n) is 5.96. The zero-order valence-electron chi connectivity index (χ0n) is 20.4. The number of nitrogens with zero attached hydrogens (tertiary/aromatic N) is 1. The van der Waals surface area contributed by atoms with E-state index in [0.29, 0.717) is 28.8 Å². The Morgan fingerprint density at radius 1 is 0.842 bits per heavy atom. The monoisotopic (exact) mass is 545 g/mol. The number of hydrogen-bond donors (Lipinski definition) is 2. The molecule has 0 bridgehead atoms. The van der Waals surface area contributed by atoms with Crippen LogP contribution in [0, 0.1) is 0 Å². The van der Waals surface area contributed by atoms with E-state index in [1.165, 1.54) is 17.1 Å². The molecular weight excluding hydrogens is 522 g/mol. The third-order valence-corrected chi connectivity index (χ3v) is 7.34. The van der Waals surface area contributed by atoms with Crippen LogP contribution in [0.4, 0.5) is 10.5 Å². The summed E-state index contributed by atoms with van der Waals surface area (Å²) in [4.78, 5) is 13.4. The number of urea groups is 1. The van der Waals surface area contributed by atoms with Crippen molar-refractivity contribution in [3.8, 4) is 11.5 Å². The Balaban J connectivity index is 1.27. The lowest BCUT2D eigenvalue weighted by molar-refractivity contribution is 0.210. The van der Waals surface area contributed by atoms with Gasteiger partial charge in [-0.05, 0) is 71.8 Å². The van der Waals surface area contributed by atoms with Gasteiger partial charge in [0.1, 0.15) is 11.5 Å². The molecule has 0 unspecified atom stereocenters. The van der Waals surface area contributed by atoms with Gasteiger partial charge in [0.2, 0.25) is 0 Å². The molecule has 0 aliphatic carbocycles. The van der Waals surface area contributed by atoms with Crippen molar-refractivity contribution in [2.24, 2.45) is 0 Å². The Labute approximate surface area is 226 Å². The Morgan fingerprint density at radius 3 is 2.05 bits per heavy atom. The second kappa shape index (κ2) is 10.6. The molecule has 0 radical (unpaired) electrons. The molecule has 0 saturated heterocycles. The first-order chi connectivity index (χ1) is 18.3. The van der Waals surface area contributed by atoms with E-state index in [1.807, 2.05) is 54.6 Å². The number of benzene rings is 4. The molecule has 192 valence electrons. The fourth-order valence-corrected chi connectivity index (χ4v) is 4.78. The van der Waals surface area contributed by atoms with Crippen molar-refractivity contribution in [1.29, 1.82) is 0 Å². The number of amides is 2. The van der Waals surface area contributed by atoms with Crippen LogP contribution < -0.4 is 15.5 Å². The molecular formula is C29H24ClN3O4S. The molecule has 1 heterocycles. The summed E-state index contributed by atoms with van der Waals surface area (Å²) in [5, 5.41) is 5.07. The summed E-state index contributed by atoms with van der Waals surface area (Å²) in [7, 11) is -3.27. The molecule has 2 amide bonds. The van der Waals surface area contributed by atoms with Gasteiger partial charge < -0.3 is 10.1 Å². The number of anilines is 1. The topological polar surface area (TPSA) is 87.7 Å². The first-order valence-corrected chi connectivity index (χ1v) is 14.0. The van der Waals surface area contributed by atoms with E-state index in [0.717, 1.165) is 28.7 Å². The number of nitrogens with one attached hydrogen (secondary N) is 2. The van der Waals surface area contributed by atoms with Gasteiger partial charge in [0, 0.05) is 22.5 Å². The summed E-state index contributed by atoms with van der Waals surface area (Å²) in [6.45, 7) is 0.373. The van der Waals surface area contributed by atoms with Gasteiger partial charge in [0.15, 0.2) is 9.84 Å². The third kappa shape index (κ3) is 5.82. The number of ether oxygens (including phenoxy) is 1. The first kappa shape index (κ1) is 25.4. The predicted molar refractivity (Wildman–Crippen MR) is 150 cm³/mol. The Hall–Kier alpha value is -4.27. The summed E-state index contributed by atoms with van der Waals surface area (Å²) in [6, 6.07) is 30.2. The minimum Gasteiger partial charge on any atom is -0.457 e. The van der Waals surface area contributed by atoms with Crippen molar-refractivity contribution in [1.82, 2.24) is 10.4 Å². The molecule has 4 aromatic carbocycles. The highest BCUT2D eigenvalue weighted by atomic mass is 35.5. The summed E-state index contributed by atoms with van der Waals surface area (Å²) < 4.78 is 29.0. The average Bonchev–Trinajstić information content (AvgIpc) is 3.36. The van der Waals surface area contributed by atoms with Crippen LogP contribution in [-0.2, 0) is 9.84 Å². The summed E-state index contributed by atoms with van der Waals surface area (Å²) in [5.41, 5.74) is 7.62. The van der Waals surface area contributed by atoms with Gasteiger partial charge in [0.05, 0.1) is 17.1 Å². The van der Waals surface area contributed by atoms with Crippen LogP contribution in [0.1, 0.15) is 11.1 Å². The maximum atomic E-state index is 13.1. The Morgan fingerprint density at radius 2 is 1.45 bits per heavy atom. The number of carbonyl (C=O) groups excluding carboxylic acids is 1. The van der Waals surface area contributed by atoms with E-state index in [4.69, 9.17) is 16.3 Å². The van der Waals surface area contributed by atoms with Crippen LogP contribution >= 0.6 is 11.6 Å². The quantitative estimate of drug-likeness (QED) is 0.290. The lowest BCUT2D eigenvalue weighted by Gasteiger charge is -2.19. The summed E-state index contributed by atoms with van der Waals surface area (Å²) >= 11 is 6.08. The second-order valence-electron chi connectivity index (χ2n) is 8.72. The molecule has 0 atom stereocenters. The van der Waals surface area contributed by atoms with Gasteiger partial charge in [0.25, 0.3) is 0 Å². The molecule has 1 aliphatic rings. The van der Waals surface area contributed by atoms with Crippen LogP contribution in [0.15, 0.2) is 108 Å². The van der Waals surface area contributed by atoms with Crippen molar-refractivity contribution < 1.29 is 17.9 Å². The number of sulfone groups is 1. The number of rotatable bonds is 6. The highest BCUT2D eigenvalue weighted by Gasteiger charge is 2.27. The lowest BCUT2D eigenvalue weighted by atomic mass is 10.0. The highest BCUT2D eigenvalue weighted by Crippen LogP contribution is 2.31. The van der Waals surface area contributed by atoms with Crippen LogP contribution in [0.25, 0.3) is 11.3 Å². The number of carbonyl (C=O) groups is 1. The minimum atomic E-state index is -3.27. The fraction of sp³-hybridized carbons (Fsp3) is 0.0690. The maximum absolute atomic E-state index is 13.1. The minimum absolute atomic E-state index is 0.225. The van der Waals surface area contributed by atoms with Gasteiger partial charge in [-0.1, -0.05) is 54.1 Å². The Bertz CT molecular complexity index is 1590.